The van der Waals surface area contributed by atoms with Gasteiger partial charge < -0.3 is 5.32 Å². The highest BCUT2D eigenvalue weighted by Crippen LogP contribution is 2.27. The molecule has 6 heteroatoms. The maximum absolute atomic E-state index is 12.1. The lowest BCUT2D eigenvalue weighted by atomic mass is 10.2. The van der Waals surface area contributed by atoms with Gasteiger partial charge in [0.15, 0.2) is 4.34 Å². The molecule has 102 valence electrons. The highest BCUT2D eigenvalue weighted by Gasteiger charge is 2.17. The van der Waals surface area contributed by atoms with Crippen LogP contribution in [0.15, 0.2) is 34.0 Å². The van der Waals surface area contributed by atoms with E-state index in [1.807, 2.05) is 19.2 Å². The van der Waals surface area contributed by atoms with Gasteiger partial charge in [-0.2, -0.15) is 5.26 Å². The van der Waals surface area contributed by atoms with Crippen molar-refractivity contribution in [3.05, 3.63) is 40.9 Å². The van der Waals surface area contributed by atoms with Crippen molar-refractivity contribution in [2.75, 3.05) is 5.32 Å². The van der Waals surface area contributed by atoms with E-state index in [0.717, 1.165) is 10.0 Å². The number of rotatable bonds is 4. The Morgan fingerprint density at radius 2 is 2.25 bits per heavy atom. The van der Waals surface area contributed by atoms with Gasteiger partial charge in [-0.05, 0) is 26.0 Å². The molecular formula is C14H13N3OS2. The van der Waals surface area contributed by atoms with Crippen molar-refractivity contribution in [1.82, 2.24) is 4.98 Å². The number of hydrogen-bond acceptors (Lipinski definition) is 5. The molecule has 0 bridgehead atoms. The number of anilines is 1. The molecular weight excluding hydrogens is 290 g/mol. The van der Waals surface area contributed by atoms with Gasteiger partial charge in [0.05, 0.1) is 16.5 Å². The van der Waals surface area contributed by atoms with E-state index in [0.29, 0.717) is 11.3 Å². The third-order valence-corrected chi connectivity index (χ3v) is 4.74. The predicted octanol–water partition coefficient (Wildman–Crippen LogP) is 3.44. The molecule has 0 radical (unpaired) electrons. The number of nitrogens with zero attached hydrogens (tertiary/aromatic N) is 2. The number of nitriles is 1. The van der Waals surface area contributed by atoms with Crippen LogP contribution < -0.4 is 5.32 Å². The van der Waals surface area contributed by atoms with Crippen molar-refractivity contribution < 1.29 is 4.79 Å². The summed E-state index contributed by atoms with van der Waals surface area (Å²) in [5.41, 5.74) is 1.96. The lowest BCUT2D eigenvalue weighted by Gasteiger charge is -2.11. The fourth-order valence-corrected chi connectivity index (χ4v) is 3.50. The first-order chi connectivity index (χ1) is 9.60. The van der Waals surface area contributed by atoms with Crippen LogP contribution in [0, 0.1) is 18.3 Å². The van der Waals surface area contributed by atoms with Crippen molar-refractivity contribution in [2.24, 2.45) is 0 Å². The lowest BCUT2D eigenvalue weighted by Crippen LogP contribution is -2.22. The van der Waals surface area contributed by atoms with Gasteiger partial charge in [0.1, 0.15) is 6.07 Å². The van der Waals surface area contributed by atoms with Crippen molar-refractivity contribution in [3.63, 3.8) is 0 Å². The van der Waals surface area contributed by atoms with Crippen LogP contribution in [0.2, 0.25) is 0 Å². The minimum absolute atomic E-state index is 0.134. The van der Waals surface area contributed by atoms with Crippen LogP contribution in [-0.2, 0) is 4.79 Å². The zero-order valence-electron chi connectivity index (χ0n) is 11.1. The molecule has 1 aromatic heterocycles. The Morgan fingerprint density at radius 1 is 1.50 bits per heavy atom. The molecule has 0 spiro atoms. The molecule has 2 aromatic rings. The summed E-state index contributed by atoms with van der Waals surface area (Å²) in [6.45, 7) is 3.75. The number of amides is 1. The molecule has 4 nitrogen and oxygen atoms in total. The molecule has 1 N–H and O–H groups in total. The van der Waals surface area contributed by atoms with Crippen LogP contribution >= 0.6 is 23.1 Å². The fourth-order valence-electron chi connectivity index (χ4n) is 1.52. The van der Waals surface area contributed by atoms with Crippen molar-refractivity contribution >= 4 is 34.7 Å². The Kier molecular flexibility index (Phi) is 4.77. The molecule has 1 amide bonds. The van der Waals surface area contributed by atoms with Crippen molar-refractivity contribution in [3.8, 4) is 6.07 Å². The van der Waals surface area contributed by atoms with E-state index in [9.17, 15) is 4.79 Å². The van der Waals surface area contributed by atoms with Gasteiger partial charge in [0.2, 0.25) is 5.91 Å². The number of para-hydroxylation sites is 1. The Bertz CT molecular complexity index is 660. The second-order valence-corrected chi connectivity index (χ2v) is 6.61. The normalized spacial score (nSPS) is 11.7. The summed E-state index contributed by atoms with van der Waals surface area (Å²) in [4.78, 5) is 16.5. The van der Waals surface area contributed by atoms with Gasteiger partial charge in [-0.3, -0.25) is 4.79 Å². The van der Waals surface area contributed by atoms with Crippen LogP contribution in [0.3, 0.4) is 0 Å². The van der Waals surface area contributed by atoms with Crippen LogP contribution in [0.4, 0.5) is 5.69 Å². The second kappa shape index (κ2) is 6.55. The van der Waals surface area contributed by atoms with Crippen LogP contribution in [-0.4, -0.2) is 16.1 Å². The SMILES string of the molecule is Cc1csc(SC(C)C(=O)Nc2ccccc2C#N)n1. The zero-order valence-corrected chi connectivity index (χ0v) is 12.7. The molecule has 0 aliphatic rings. The number of hydrogen-bond donors (Lipinski definition) is 1. The van der Waals surface area contributed by atoms with Crippen molar-refractivity contribution in [1.29, 1.82) is 5.26 Å². The Labute approximate surface area is 125 Å². The molecule has 1 unspecified atom stereocenters. The average molecular weight is 303 g/mol. The van der Waals surface area contributed by atoms with E-state index in [1.165, 1.54) is 23.1 Å². The molecule has 1 aromatic carbocycles. The topological polar surface area (TPSA) is 65.8 Å². The molecule has 2 rings (SSSR count). The highest BCUT2D eigenvalue weighted by molar-refractivity contribution is 8.02. The number of aromatic nitrogens is 1. The van der Waals surface area contributed by atoms with E-state index in [2.05, 4.69) is 16.4 Å². The van der Waals surface area contributed by atoms with Crippen LogP contribution in [0.5, 0.6) is 0 Å². The van der Waals surface area contributed by atoms with Crippen LogP contribution in [0.25, 0.3) is 0 Å². The number of carbonyl (C=O) groups is 1. The summed E-state index contributed by atoms with van der Waals surface area (Å²) in [6.07, 6.45) is 0. The van der Waals surface area contributed by atoms with Gasteiger partial charge in [-0.1, -0.05) is 23.9 Å². The first-order valence-electron chi connectivity index (χ1n) is 5.99. The molecule has 20 heavy (non-hydrogen) atoms. The summed E-state index contributed by atoms with van der Waals surface area (Å²) < 4.78 is 0.874. The smallest absolute Gasteiger partial charge is 0.237 e. The Morgan fingerprint density at radius 3 is 2.90 bits per heavy atom. The van der Waals surface area contributed by atoms with E-state index in [1.54, 1.807) is 24.3 Å². The summed E-state index contributed by atoms with van der Waals surface area (Å²) in [7, 11) is 0. The zero-order chi connectivity index (χ0) is 14.5. The number of carbonyl (C=O) groups excluding carboxylic acids is 1. The third kappa shape index (κ3) is 3.59. The Hall–Kier alpha value is -1.84. The molecule has 0 aliphatic carbocycles. The summed E-state index contributed by atoms with van der Waals surface area (Å²) >= 11 is 2.95. The minimum atomic E-state index is -0.271. The van der Waals surface area contributed by atoms with Gasteiger partial charge >= 0.3 is 0 Å². The summed E-state index contributed by atoms with van der Waals surface area (Å²) in [5, 5.41) is 13.5. The summed E-state index contributed by atoms with van der Waals surface area (Å²) in [6, 6.07) is 9.02. The quantitative estimate of drug-likeness (QED) is 0.879. The minimum Gasteiger partial charge on any atom is -0.324 e. The van der Waals surface area contributed by atoms with Gasteiger partial charge in [-0.25, -0.2) is 4.98 Å². The highest BCUT2D eigenvalue weighted by atomic mass is 32.2. The average Bonchev–Trinajstić information content (AvgIpc) is 2.84. The molecule has 0 saturated heterocycles. The number of thiazole rings is 1. The summed E-state index contributed by atoms with van der Waals surface area (Å²) in [5.74, 6) is -0.134. The van der Waals surface area contributed by atoms with Crippen molar-refractivity contribution in [2.45, 2.75) is 23.4 Å². The predicted molar refractivity (Wildman–Crippen MR) is 82.0 cm³/mol. The number of thioether (sulfide) groups is 1. The number of benzene rings is 1. The van der Waals surface area contributed by atoms with E-state index in [-0.39, 0.29) is 11.2 Å². The monoisotopic (exact) mass is 303 g/mol. The number of aryl methyl sites for hydroxylation is 1. The van der Waals surface area contributed by atoms with E-state index in [4.69, 9.17) is 5.26 Å². The maximum Gasteiger partial charge on any atom is 0.237 e. The number of nitrogens with one attached hydrogen (secondary N) is 1. The largest absolute Gasteiger partial charge is 0.324 e. The maximum atomic E-state index is 12.1. The van der Waals surface area contributed by atoms with Gasteiger partial charge in [0.25, 0.3) is 0 Å². The lowest BCUT2D eigenvalue weighted by molar-refractivity contribution is -0.115. The molecule has 0 fully saturated rings. The van der Waals surface area contributed by atoms with E-state index < -0.39 is 0 Å². The molecule has 0 aliphatic heterocycles. The first kappa shape index (κ1) is 14.6. The Balaban J connectivity index is 2.02. The van der Waals surface area contributed by atoms with E-state index >= 15 is 0 Å². The molecule has 1 heterocycles. The fraction of sp³-hybridized carbons (Fsp3) is 0.214. The molecule has 0 saturated carbocycles. The van der Waals surface area contributed by atoms with Gasteiger partial charge in [0, 0.05) is 11.1 Å². The van der Waals surface area contributed by atoms with Crippen LogP contribution in [0.1, 0.15) is 18.2 Å². The van der Waals surface area contributed by atoms with Gasteiger partial charge in [-0.15, -0.1) is 11.3 Å². The standard InChI is InChI=1S/C14H13N3OS2/c1-9-8-19-14(16-9)20-10(2)13(18)17-12-6-4-3-5-11(12)7-15/h3-6,8,10H,1-2H3,(H,17,18). The first-order valence-corrected chi connectivity index (χ1v) is 7.75. The second-order valence-electron chi connectivity index (χ2n) is 4.16. The molecule has 1 atom stereocenters. The third-order valence-electron chi connectivity index (χ3n) is 2.55.